The van der Waals surface area contributed by atoms with E-state index in [2.05, 4.69) is 13.0 Å². The third-order valence-corrected chi connectivity index (χ3v) is 7.45. The third kappa shape index (κ3) is 4.69. The first-order valence-corrected chi connectivity index (χ1v) is 12.6. The minimum Gasteiger partial charge on any atom is -0.456 e. The van der Waals surface area contributed by atoms with Crippen molar-refractivity contribution in [1.29, 1.82) is 5.26 Å². The molecule has 0 aromatic heterocycles. The van der Waals surface area contributed by atoms with Crippen LogP contribution in [0.3, 0.4) is 0 Å². The van der Waals surface area contributed by atoms with Crippen LogP contribution >= 0.6 is 0 Å². The molecule has 36 heavy (non-hydrogen) atoms. The maximum atomic E-state index is 13.6. The van der Waals surface area contributed by atoms with Crippen molar-refractivity contribution in [3.63, 3.8) is 0 Å². The number of carbonyl (C=O) groups is 2. The summed E-state index contributed by atoms with van der Waals surface area (Å²) in [6.07, 6.45) is 2.16. The molecule has 0 radical (unpaired) electrons. The molecule has 3 aromatic rings. The molecule has 3 aromatic carbocycles. The number of amides is 1. The molecule has 1 saturated heterocycles. The number of esters is 1. The van der Waals surface area contributed by atoms with Gasteiger partial charge in [0.2, 0.25) is 6.04 Å². The van der Waals surface area contributed by atoms with Crippen LogP contribution in [0.5, 0.6) is 0 Å². The smallest absolute Gasteiger partial charge is 0.372 e. The molecular formula is C31H33N2O3+. The molecule has 1 aliphatic rings. The van der Waals surface area contributed by atoms with Crippen molar-refractivity contribution >= 4 is 11.9 Å². The molecule has 5 heteroatoms. The van der Waals surface area contributed by atoms with Crippen molar-refractivity contribution in [2.24, 2.45) is 0 Å². The van der Waals surface area contributed by atoms with Crippen LogP contribution < -0.4 is 0 Å². The largest absolute Gasteiger partial charge is 0.456 e. The Morgan fingerprint density at radius 3 is 2.28 bits per heavy atom. The summed E-state index contributed by atoms with van der Waals surface area (Å²) in [6, 6.07) is 26.8. The fourth-order valence-electron chi connectivity index (χ4n) is 5.32. The predicted octanol–water partition coefficient (Wildman–Crippen LogP) is 6.16. The first-order chi connectivity index (χ1) is 17.3. The number of unbranched alkanes of at least 4 members (excludes halogenated alkanes) is 1. The summed E-state index contributed by atoms with van der Waals surface area (Å²) in [5.41, 5.74) is 3.80. The quantitative estimate of drug-likeness (QED) is 0.208. The molecule has 1 heterocycles. The van der Waals surface area contributed by atoms with Gasteiger partial charge in [-0.1, -0.05) is 86.1 Å². The van der Waals surface area contributed by atoms with Gasteiger partial charge >= 0.3 is 11.9 Å². The molecule has 0 bridgehead atoms. The Balaban J connectivity index is 1.58. The summed E-state index contributed by atoms with van der Waals surface area (Å²) < 4.78 is 5.78. The molecular weight excluding hydrogens is 448 g/mol. The van der Waals surface area contributed by atoms with Gasteiger partial charge in [0.15, 0.2) is 5.54 Å². The topological polar surface area (TPSA) is 67.2 Å². The van der Waals surface area contributed by atoms with E-state index in [1.165, 1.54) is 0 Å². The summed E-state index contributed by atoms with van der Waals surface area (Å²) in [5.74, 6) is -0.240. The molecule has 0 aliphatic carbocycles. The van der Waals surface area contributed by atoms with Crippen molar-refractivity contribution < 1.29 is 18.8 Å². The SMILES string of the molecule is CCCCC(=O)[N+]1(Cc2ccc(-c3ccccc3C#N)cc2)C(C(=O)OCc2ccccc2)C1(C)C. The van der Waals surface area contributed by atoms with Crippen LogP contribution in [0.25, 0.3) is 11.1 Å². The van der Waals surface area contributed by atoms with Gasteiger partial charge in [-0.3, -0.25) is 0 Å². The lowest BCUT2D eigenvalue weighted by molar-refractivity contribution is -0.772. The van der Waals surface area contributed by atoms with Gasteiger partial charge in [-0.15, -0.1) is 0 Å². The number of quaternary nitrogens is 1. The number of rotatable bonds is 9. The maximum Gasteiger partial charge on any atom is 0.372 e. The van der Waals surface area contributed by atoms with Crippen molar-refractivity contribution in [1.82, 2.24) is 0 Å². The highest BCUT2D eigenvalue weighted by Crippen LogP contribution is 2.53. The van der Waals surface area contributed by atoms with E-state index in [1.54, 1.807) is 6.07 Å². The van der Waals surface area contributed by atoms with Crippen molar-refractivity contribution in [2.45, 2.75) is 64.8 Å². The van der Waals surface area contributed by atoms with E-state index in [1.807, 2.05) is 86.6 Å². The highest BCUT2D eigenvalue weighted by Gasteiger charge is 2.81. The van der Waals surface area contributed by atoms with Gasteiger partial charge < -0.3 is 4.74 Å². The Kier molecular flexibility index (Phi) is 7.37. The zero-order valence-corrected chi connectivity index (χ0v) is 21.2. The molecule has 2 atom stereocenters. The molecule has 5 nitrogen and oxygen atoms in total. The molecule has 0 saturated carbocycles. The molecule has 2 unspecified atom stereocenters. The minimum absolute atomic E-state index is 0.0781. The van der Waals surface area contributed by atoms with E-state index in [9.17, 15) is 14.9 Å². The number of ether oxygens (including phenoxy) is 1. The first-order valence-electron chi connectivity index (χ1n) is 12.6. The highest BCUT2D eigenvalue weighted by atomic mass is 16.5. The standard InChI is InChI=1S/C31H33N2O3/c1-4-5-15-28(34)33(29(31(33,2)3)30(35)36-22-24-11-7-6-8-12-24)21-23-16-18-25(19-17-23)27-14-10-9-13-26(27)20-32/h6-14,16-19,29H,4-5,15,21-22H2,1-3H3/q+1. The summed E-state index contributed by atoms with van der Waals surface area (Å²) in [6.45, 7) is 6.67. The number of benzene rings is 3. The fraction of sp³-hybridized carbons (Fsp3) is 0.323. The molecule has 4 rings (SSSR count). The maximum absolute atomic E-state index is 13.6. The van der Waals surface area contributed by atoms with Crippen molar-refractivity contribution in [3.8, 4) is 17.2 Å². The van der Waals surface area contributed by atoms with Gasteiger partial charge in [-0.05, 0) is 43.0 Å². The lowest BCUT2D eigenvalue weighted by Crippen LogP contribution is -2.41. The summed E-state index contributed by atoms with van der Waals surface area (Å²) in [7, 11) is 0. The van der Waals surface area contributed by atoms with Crippen LogP contribution in [0, 0.1) is 11.3 Å². The lowest BCUT2D eigenvalue weighted by Gasteiger charge is -2.22. The van der Waals surface area contributed by atoms with Gasteiger partial charge in [0.25, 0.3) is 0 Å². The van der Waals surface area contributed by atoms with E-state index in [-0.39, 0.29) is 23.0 Å². The van der Waals surface area contributed by atoms with Gasteiger partial charge in [-0.2, -0.15) is 5.26 Å². The van der Waals surface area contributed by atoms with Crippen LogP contribution in [0.1, 0.15) is 56.7 Å². The molecule has 0 spiro atoms. The molecule has 1 fully saturated rings. The van der Waals surface area contributed by atoms with Gasteiger partial charge in [0, 0.05) is 5.56 Å². The summed E-state index contributed by atoms with van der Waals surface area (Å²) >= 11 is 0. The molecule has 184 valence electrons. The zero-order chi connectivity index (χ0) is 25.8. The monoisotopic (exact) mass is 481 g/mol. The van der Waals surface area contributed by atoms with Crippen molar-refractivity contribution in [3.05, 3.63) is 95.6 Å². The Hall–Kier alpha value is -3.75. The van der Waals surface area contributed by atoms with E-state index in [0.717, 1.165) is 35.1 Å². The average molecular weight is 482 g/mol. The second kappa shape index (κ2) is 10.5. The van der Waals surface area contributed by atoms with E-state index >= 15 is 0 Å². The highest BCUT2D eigenvalue weighted by molar-refractivity contribution is 5.85. The normalized spacial score (nSPS) is 19.8. The number of carbonyl (C=O) groups excluding carboxylic acids is 2. The number of hydrogen-bond acceptors (Lipinski definition) is 4. The van der Waals surface area contributed by atoms with Gasteiger partial charge in [-0.25, -0.2) is 14.1 Å². The number of nitrogens with zero attached hydrogens (tertiary/aromatic N) is 2. The Labute approximate surface area is 213 Å². The molecule has 1 aliphatic heterocycles. The third-order valence-electron chi connectivity index (χ3n) is 7.45. The fourth-order valence-corrected chi connectivity index (χ4v) is 5.32. The van der Waals surface area contributed by atoms with Crippen LogP contribution in [-0.4, -0.2) is 27.9 Å². The first kappa shape index (κ1) is 25.3. The average Bonchev–Trinajstić information content (AvgIpc) is 3.41. The van der Waals surface area contributed by atoms with E-state index < -0.39 is 11.6 Å². The van der Waals surface area contributed by atoms with Gasteiger partial charge in [0.1, 0.15) is 13.2 Å². The Morgan fingerprint density at radius 2 is 1.61 bits per heavy atom. The Morgan fingerprint density at radius 1 is 0.944 bits per heavy atom. The summed E-state index contributed by atoms with van der Waals surface area (Å²) in [4.78, 5) is 26.9. The second-order valence-electron chi connectivity index (χ2n) is 10.0. The number of hydrogen-bond donors (Lipinski definition) is 0. The van der Waals surface area contributed by atoms with Crippen LogP contribution in [0.4, 0.5) is 0 Å². The van der Waals surface area contributed by atoms with Crippen LogP contribution in [0.2, 0.25) is 0 Å². The Bertz CT molecular complexity index is 1280. The molecule has 0 N–H and O–H groups in total. The minimum atomic E-state index is -0.551. The van der Waals surface area contributed by atoms with E-state index in [4.69, 9.17) is 4.74 Å². The lowest BCUT2D eigenvalue weighted by atomic mass is 9.99. The van der Waals surface area contributed by atoms with Gasteiger partial charge in [0.05, 0.1) is 18.1 Å². The second-order valence-corrected chi connectivity index (χ2v) is 10.0. The summed E-state index contributed by atoms with van der Waals surface area (Å²) in [5, 5.41) is 9.45. The van der Waals surface area contributed by atoms with Crippen LogP contribution in [0.15, 0.2) is 78.9 Å². The van der Waals surface area contributed by atoms with Crippen molar-refractivity contribution in [2.75, 3.05) is 0 Å². The zero-order valence-electron chi connectivity index (χ0n) is 21.2. The molecule has 1 amide bonds. The van der Waals surface area contributed by atoms with E-state index in [0.29, 0.717) is 18.5 Å². The number of nitriles is 1. The van der Waals surface area contributed by atoms with Crippen LogP contribution in [-0.2, 0) is 27.5 Å². The predicted molar refractivity (Wildman–Crippen MR) is 139 cm³/mol.